The quantitative estimate of drug-likeness (QED) is 0.588. The van der Waals surface area contributed by atoms with Crippen LogP contribution < -0.4 is 5.32 Å². The summed E-state index contributed by atoms with van der Waals surface area (Å²) >= 11 is 5.95. The molecule has 2 aromatic carbocycles. The Balaban J connectivity index is 1.59. The van der Waals surface area contributed by atoms with Gasteiger partial charge in [-0.2, -0.15) is 0 Å². The van der Waals surface area contributed by atoms with E-state index in [0.29, 0.717) is 16.1 Å². The summed E-state index contributed by atoms with van der Waals surface area (Å²) in [5.41, 5.74) is 2.07. The average Bonchev–Trinajstić information content (AvgIpc) is 3.21. The smallest absolute Gasteiger partial charge is 0.322 e. The third-order valence-electron chi connectivity index (χ3n) is 3.55. The van der Waals surface area contributed by atoms with Gasteiger partial charge in [0.25, 0.3) is 5.91 Å². The minimum atomic E-state index is -0.325. The zero-order valence-electron chi connectivity index (χ0n) is 12.3. The van der Waals surface area contributed by atoms with Crippen LogP contribution >= 0.6 is 11.6 Å². The molecule has 0 saturated carbocycles. The lowest BCUT2D eigenvalue weighted by Gasteiger charge is -1.99. The molecule has 0 aliphatic rings. The van der Waals surface area contributed by atoms with E-state index in [1.54, 1.807) is 30.5 Å². The molecule has 6 nitrogen and oxygen atoms in total. The van der Waals surface area contributed by atoms with Crippen molar-refractivity contribution in [1.82, 2.24) is 15.2 Å². The number of hydrogen-bond acceptors (Lipinski definition) is 4. The molecule has 0 atom stereocenters. The van der Waals surface area contributed by atoms with Crippen LogP contribution in [0.25, 0.3) is 22.4 Å². The van der Waals surface area contributed by atoms with E-state index < -0.39 is 0 Å². The summed E-state index contributed by atoms with van der Waals surface area (Å²) < 4.78 is 5.48. The Labute approximate surface area is 141 Å². The van der Waals surface area contributed by atoms with Gasteiger partial charge in [0.2, 0.25) is 5.89 Å². The SMILES string of the molecule is O=C(Nc1nnc(-c2cccc(Cl)c2)o1)c1c[nH]c2ccccc12. The van der Waals surface area contributed by atoms with E-state index in [9.17, 15) is 4.79 Å². The predicted molar refractivity (Wildman–Crippen MR) is 91.0 cm³/mol. The maximum atomic E-state index is 12.4. The number of H-pyrrole nitrogens is 1. The lowest BCUT2D eigenvalue weighted by molar-refractivity contribution is 0.102. The van der Waals surface area contributed by atoms with Crippen LogP contribution in [0, 0.1) is 0 Å². The summed E-state index contributed by atoms with van der Waals surface area (Å²) in [5.74, 6) is -0.0412. The van der Waals surface area contributed by atoms with E-state index in [4.69, 9.17) is 16.0 Å². The Bertz CT molecular complexity index is 1040. The van der Waals surface area contributed by atoms with Crippen molar-refractivity contribution in [1.29, 1.82) is 0 Å². The fourth-order valence-electron chi connectivity index (χ4n) is 2.44. The highest BCUT2D eigenvalue weighted by Crippen LogP contribution is 2.24. The molecule has 0 fully saturated rings. The molecule has 0 aliphatic heterocycles. The monoisotopic (exact) mass is 338 g/mol. The van der Waals surface area contributed by atoms with Gasteiger partial charge in [-0.25, -0.2) is 0 Å². The summed E-state index contributed by atoms with van der Waals surface area (Å²) in [4.78, 5) is 15.5. The van der Waals surface area contributed by atoms with Crippen molar-refractivity contribution >= 4 is 34.4 Å². The normalized spacial score (nSPS) is 10.9. The first-order chi connectivity index (χ1) is 11.7. The molecule has 0 saturated heterocycles. The first-order valence-electron chi connectivity index (χ1n) is 7.17. The molecule has 0 spiro atoms. The van der Waals surface area contributed by atoms with E-state index >= 15 is 0 Å². The van der Waals surface area contributed by atoms with Gasteiger partial charge in [0, 0.05) is 27.7 Å². The summed E-state index contributed by atoms with van der Waals surface area (Å²) in [6.07, 6.45) is 1.65. The number of amides is 1. The lowest BCUT2D eigenvalue weighted by atomic mass is 10.2. The van der Waals surface area contributed by atoms with Crippen molar-refractivity contribution in [2.45, 2.75) is 0 Å². The van der Waals surface area contributed by atoms with E-state index in [2.05, 4.69) is 20.5 Å². The van der Waals surface area contributed by atoms with Gasteiger partial charge in [0.15, 0.2) is 0 Å². The van der Waals surface area contributed by atoms with Gasteiger partial charge in [0.1, 0.15) is 0 Å². The second-order valence-corrected chi connectivity index (χ2v) is 5.56. The number of carbonyl (C=O) groups excluding carboxylic acids is 1. The number of aromatic nitrogens is 3. The standard InChI is InChI=1S/C17H11ClN4O2/c18-11-5-3-4-10(8-11)16-21-22-17(24-16)20-15(23)13-9-19-14-7-2-1-6-12(13)14/h1-9,19H,(H,20,22,23). The van der Waals surface area contributed by atoms with Crippen molar-refractivity contribution in [2.24, 2.45) is 0 Å². The van der Waals surface area contributed by atoms with Crippen molar-refractivity contribution in [3.05, 3.63) is 65.3 Å². The van der Waals surface area contributed by atoms with E-state index in [1.165, 1.54) is 0 Å². The molecule has 2 N–H and O–H groups in total. The fourth-order valence-corrected chi connectivity index (χ4v) is 2.63. The zero-order valence-corrected chi connectivity index (χ0v) is 13.0. The zero-order chi connectivity index (χ0) is 16.5. The second-order valence-electron chi connectivity index (χ2n) is 5.12. The van der Waals surface area contributed by atoms with Crippen LogP contribution in [0.15, 0.2) is 59.1 Å². The lowest BCUT2D eigenvalue weighted by Crippen LogP contribution is -2.11. The van der Waals surface area contributed by atoms with E-state index in [-0.39, 0.29) is 17.8 Å². The number of rotatable bonds is 3. The van der Waals surface area contributed by atoms with Gasteiger partial charge >= 0.3 is 6.01 Å². The van der Waals surface area contributed by atoms with Gasteiger partial charge in [-0.05, 0) is 24.3 Å². The topological polar surface area (TPSA) is 83.8 Å². The van der Waals surface area contributed by atoms with Crippen LogP contribution in [0.5, 0.6) is 0 Å². The molecule has 0 aliphatic carbocycles. The highest BCUT2D eigenvalue weighted by atomic mass is 35.5. The molecule has 0 radical (unpaired) electrons. The summed E-state index contributed by atoms with van der Waals surface area (Å²) in [5, 5.41) is 11.8. The minimum Gasteiger partial charge on any atom is -0.403 e. The number of halogens is 1. The first-order valence-corrected chi connectivity index (χ1v) is 7.55. The number of nitrogens with zero attached hydrogens (tertiary/aromatic N) is 2. The molecule has 4 aromatic rings. The maximum Gasteiger partial charge on any atom is 0.322 e. The van der Waals surface area contributed by atoms with Crippen molar-refractivity contribution in [3.8, 4) is 11.5 Å². The molecule has 7 heteroatoms. The molecule has 0 unspecified atom stereocenters. The van der Waals surface area contributed by atoms with Gasteiger partial charge in [0.05, 0.1) is 5.56 Å². The Kier molecular flexibility index (Phi) is 3.51. The molecular formula is C17H11ClN4O2. The minimum absolute atomic E-state index is 0.0280. The molecule has 2 aromatic heterocycles. The van der Waals surface area contributed by atoms with Crippen molar-refractivity contribution < 1.29 is 9.21 Å². The Morgan fingerprint density at radius 3 is 2.88 bits per heavy atom. The van der Waals surface area contributed by atoms with Crippen LogP contribution in [-0.4, -0.2) is 21.1 Å². The van der Waals surface area contributed by atoms with Gasteiger partial charge in [-0.3, -0.25) is 10.1 Å². The summed E-state index contributed by atoms with van der Waals surface area (Å²) in [6, 6.07) is 14.6. The number of anilines is 1. The number of carbonyl (C=O) groups is 1. The van der Waals surface area contributed by atoms with Crippen molar-refractivity contribution in [3.63, 3.8) is 0 Å². The van der Waals surface area contributed by atoms with E-state index in [1.807, 2.05) is 24.3 Å². The summed E-state index contributed by atoms with van der Waals surface area (Å²) in [7, 11) is 0. The number of benzene rings is 2. The van der Waals surface area contributed by atoms with E-state index in [0.717, 1.165) is 10.9 Å². The third-order valence-corrected chi connectivity index (χ3v) is 3.79. The number of fused-ring (bicyclic) bond motifs is 1. The average molecular weight is 339 g/mol. The van der Waals surface area contributed by atoms with Crippen molar-refractivity contribution in [2.75, 3.05) is 5.32 Å². The molecule has 24 heavy (non-hydrogen) atoms. The van der Waals surface area contributed by atoms with Gasteiger partial charge in [-0.1, -0.05) is 41.0 Å². The van der Waals surface area contributed by atoms with Gasteiger partial charge in [-0.15, -0.1) is 5.10 Å². The van der Waals surface area contributed by atoms with Crippen LogP contribution in [0.4, 0.5) is 6.01 Å². The molecule has 4 rings (SSSR count). The Morgan fingerprint density at radius 2 is 2.00 bits per heavy atom. The second kappa shape index (κ2) is 5.82. The number of nitrogens with one attached hydrogen (secondary N) is 2. The van der Waals surface area contributed by atoms with Crippen LogP contribution in [-0.2, 0) is 0 Å². The fraction of sp³-hybridized carbons (Fsp3) is 0. The predicted octanol–water partition coefficient (Wildman–Crippen LogP) is 4.12. The maximum absolute atomic E-state index is 12.4. The number of hydrogen-bond donors (Lipinski definition) is 2. The molecule has 0 bridgehead atoms. The van der Waals surface area contributed by atoms with Crippen LogP contribution in [0.1, 0.15) is 10.4 Å². The Morgan fingerprint density at radius 1 is 1.12 bits per heavy atom. The Hall–Kier alpha value is -3.12. The summed E-state index contributed by atoms with van der Waals surface area (Å²) in [6.45, 7) is 0. The molecule has 2 heterocycles. The highest BCUT2D eigenvalue weighted by molar-refractivity contribution is 6.30. The van der Waals surface area contributed by atoms with Gasteiger partial charge < -0.3 is 9.40 Å². The van der Waals surface area contributed by atoms with Crippen LogP contribution in [0.2, 0.25) is 5.02 Å². The number of aromatic amines is 1. The first kappa shape index (κ1) is 14.5. The molecule has 118 valence electrons. The highest BCUT2D eigenvalue weighted by Gasteiger charge is 2.15. The molecule has 1 amide bonds. The third kappa shape index (κ3) is 2.63. The molecular weight excluding hydrogens is 328 g/mol. The van der Waals surface area contributed by atoms with Crippen LogP contribution in [0.3, 0.4) is 0 Å². The largest absolute Gasteiger partial charge is 0.403 e. The number of para-hydroxylation sites is 1.